The van der Waals surface area contributed by atoms with Gasteiger partial charge in [0.25, 0.3) is 0 Å². The van der Waals surface area contributed by atoms with E-state index in [1.165, 1.54) is 11.1 Å². The Bertz CT molecular complexity index is 1750. The number of hydrogen-bond acceptors (Lipinski definition) is 4. The van der Waals surface area contributed by atoms with Gasteiger partial charge in [-0.1, -0.05) is 54.1 Å². The first-order chi connectivity index (χ1) is 20.2. The normalized spacial score (nSPS) is 14.6. The van der Waals surface area contributed by atoms with Gasteiger partial charge in [0.15, 0.2) is 0 Å². The molecule has 7 heteroatoms. The molecule has 0 fully saturated rings. The molecule has 1 aliphatic rings. The molecule has 2 aromatic heterocycles. The summed E-state index contributed by atoms with van der Waals surface area (Å²) in [6.45, 7) is 5.63. The number of benzene rings is 3. The van der Waals surface area contributed by atoms with E-state index in [0.29, 0.717) is 11.4 Å². The Hall–Kier alpha value is -3.74. The zero-order chi connectivity index (χ0) is 29.4. The predicted molar refractivity (Wildman–Crippen MR) is 171 cm³/mol. The van der Waals surface area contributed by atoms with E-state index in [1.807, 2.05) is 48.7 Å². The van der Waals surface area contributed by atoms with Crippen molar-refractivity contribution < 1.29 is 14.6 Å². The topological polar surface area (TPSA) is 64.3 Å². The zero-order valence-corrected chi connectivity index (χ0v) is 25.5. The van der Waals surface area contributed by atoms with Crippen molar-refractivity contribution >= 4 is 40.4 Å². The highest BCUT2D eigenvalue weighted by Gasteiger charge is 2.35. The highest BCUT2D eigenvalue weighted by Crippen LogP contribution is 2.46. The van der Waals surface area contributed by atoms with E-state index >= 15 is 0 Å². The Labute approximate surface area is 255 Å². The zero-order valence-electron chi connectivity index (χ0n) is 23.9. The fourth-order valence-corrected chi connectivity index (χ4v) is 6.70. The molecule has 5 aromatic rings. The lowest BCUT2D eigenvalue weighted by molar-refractivity contribution is -0.146. The van der Waals surface area contributed by atoms with Crippen LogP contribution in [0.1, 0.15) is 43.3 Å². The number of nitrogens with zero attached hydrogens (tertiary/aromatic N) is 2. The molecule has 3 heterocycles. The Balaban J connectivity index is 1.37. The van der Waals surface area contributed by atoms with Gasteiger partial charge >= 0.3 is 5.97 Å². The molecule has 0 saturated heterocycles. The van der Waals surface area contributed by atoms with E-state index in [9.17, 15) is 9.90 Å². The summed E-state index contributed by atoms with van der Waals surface area (Å²) in [4.78, 5) is 18.0. The maximum Gasteiger partial charge on any atom is 0.309 e. The molecule has 0 amide bonds. The molecule has 42 heavy (non-hydrogen) atoms. The number of halogens is 1. The monoisotopic (exact) mass is 596 g/mol. The van der Waals surface area contributed by atoms with Crippen LogP contribution in [0.25, 0.3) is 22.0 Å². The Morgan fingerprint density at radius 3 is 2.48 bits per heavy atom. The largest absolute Gasteiger partial charge is 0.488 e. The lowest BCUT2D eigenvalue weighted by Gasteiger charge is -2.25. The van der Waals surface area contributed by atoms with Gasteiger partial charge in [0.05, 0.1) is 16.6 Å². The molecule has 214 valence electrons. The van der Waals surface area contributed by atoms with Crippen LogP contribution in [0, 0.1) is 5.41 Å². The maximum absolute atomic E-state index is 12.2. The number of pyridine rings is 1. The van der Waals surface area contributed by atoms with E-state index in [1.54, 1.807) is 25.8 Å². The first-order valence-corrected chi connectivity index (χ1v) is 15.4. The van der Waals surface area contributed by atoms with Gasteiger partial charge < -0.3 is 9.84 Å². The van der Waals surface area contributed by atoms with Gasteiger partial charge in [0.2, 0.25) is 0 Å². The summed E-state index contributed by atoms with van der Waals surface area (Å²) in [5.74, 6) is -0.0275. The molecule has 5 nitrogen and oxygen atoms in total. The minimum atomic E-state index is -0.964. The Morgan fingerprint density at radius 1 is 1.02 bits per heavy atom. The summed E-state index contributed by atoms with van der Waals surface area (Å²) in [6.07, 6.45) is 4.77. The van der Waals surface area contributed by atoms with Crippen molar-refractivity contribution in [2.75, 3.05) is 0 Å². The molecule has 6 rings (SSSR count). The second kappa shape index (κ2) is 11.5. The van der Waals surface area contributed by atoms with Crippen molar-refractivity contribution in [1.82, 2.24) is 8.96 Å². The molecular formula is C35H33ClN2O3S. The van der Waals surface area contributed by atoms with E-state index < -0.39 is 11.4 Å². The molecule has 1 unspecified atom stereocenters. The van der Waals surface area contributed by atoms with E-state index in [0.717, 1.165) is 63.3 Å². The van der Waals surface area contributed by atoms with Crippen LogP contribution in [0.5, 0.6) is 5.75 Å². The number of aryl methyl sites for hydroxylation is 2. The molecular weight excluding hydrogens is 564 g/mol. The highest BCUT2D eigenvalue weighted by atomic mass is 35.5. The van der Waals surface area contributed by atoms with Crippen molar-refractivity contribution in [1.29, 1.82) is 0 Å². The van der Waals surface area contributed by atoms with Crippen molar-refractivity contribution in [3.63, 3.8) is 0 Å². The van der Waals surface area contributed by atoms with Gasteiger partial charge in [-0.15, -0.1) is 0 Å². The minimum absolute atomic E-state index is 0.0202. The van der Waals surface area contributed by atoms with Crippen LogP contribution in [-0.2, 0) is 30.5 Å². The smallest absolute Gasteiger partial charge is 0.309 e. The fraction of sp³-hybridized carbons (Fsp3) is 0.257. The van der Waals surface area contributed by atoms with Crippen LogP contribution in [0.4, 0.5) is 0 Å². The maximum atomic E-state index is 12.2. The Kier molecular flexibility index (Phi) is 7.77. The van der Waals surface area contributed by atoms with E-state index in [2.05, 4.69) is 47.3 Å². The minimum Gasteiger partial charge on any atom is -0.488 e. The van der Waals surface area contributed by atoms with Gasteiger partial charge in [0.1, 0.15) is 11.9 Å². The summed E-state index contributed by atoms with van der Waals surface area (Å²) in [7, 11) is 0. The third-order valence-electron chi connectivity index (χ3n) is 7.93. The summed E-state index contributed by atoms with van der Waals surface area (Å²) in [5, 5.41) is 11.8. The van der Waals surface area contributed by atoms with Crippen LogP contribution >= 0.6 is 23.5 Å². The number of ether oxygens (including phenoxy) is 1. The molecule has 0 spiro atoms. The lowest BCUT2D eigenvalue weighted by Crippen LogP contribution is -2.28. The van der Waals surface area contributed by atoms with Crippen LogP contribution in [0.15, 0.2) is 90.0 Å². The third-order valence-corrected chi connectivity index (χ3v) is 9.27. The quantitative estimate of drug-likeness (QED) is 0.184. The second-order valence-corrected chi connectivity index (χ2v) is 13.1. The number of carbonyl (C=O) groups is 1. The average Bonchev–Trinajstić information content (AvgIpc) is 3.26. The molecule has 3 aromatic carbocycles. The molecule has 0 radical (unpaired) electrons. The van der Waals surface area contributed by atoms with Gasteiger partial charge in [-0.3, -0.25) is 13.8 Å². The van der Waals surface area contributed by atoms with Crippen LogP contribution in [0.2, 0.25) is 5.02 Å². The Morgan fingerprint density at radius 2 is 1.79 bits per heavy atom. The van der Waals surface area contributed by atoms with Crippen molar-refractivity contribution in [2.24, 2.45) is 5.41 Å². The van der Waals surface area contributed by atoms with Gasteiger partial charge in [-0.05, 0) is 98.6 Å². The summed E-state index contributed by atoms with van der Waals surface area (Å²) < 4.78 is 8.67. The molecule has 0 aliphatic carbocycles. The van der Waals surface area contributed by atoms with Crippen LogP contribution in [-0.4, -0.2) is 26.1 Å². The highest BCUT2D eigenvalue weighted by molar-refractivity contribution is 7.98. The van der Waals surface area contributed by atoms with Crippen LogP contribution in [0.3, 0.4) is 0 Å². The van der Waals surface area contributed by atoms with Crippen LogP contribution < -0.4 is 4.74 Å². The number of hydrogen-bond donors (Lipinski definition) is 1. The number of carboxylic acids is 1. The average molecular weight is 597 g/mol. The number of aliphatic carboxylic acids is 1. The molecule has 1 aliphatic heterocycles. The molecule has 1 N–H and O–H groups in total. The van der Waals surface area contributed by atoms with Gasteiger partial charge in [-0.25, -0.2) is 0 Å². The summed E-state index contributed by atoms with van der Waals surface area (Å²) in [6, 6.07) is 26.7. The van der Waals surface area contributed by atoms with Gasteiger partial charge in [0, 0.05) is 45.6 Å². The standard InChI is InChI=1S/C35H33ClN2O3S/c1-22-19-29-24(9-14-27-15-10-25(21-37-27)23-7-5-4-6-8-23)11-18-30-32(29)33(41-22)31(20-35(2,3)34(39)40)38(30)42-28-16-12-26(36)13-17-28/h4-8,10-13,15-18,21-22H,9,14,19-20H2,1-3H3,(H,39,40). The molecule has 0 bridgehead atoms. The SMILES string of the molecule is CC1Cc2c(CCc3ccc(-c4ccccc4)cn3)ccc3c2c(c(CC(C)(C)C(=O)O)n3Sc2ccc(Cl)cc2)O1. The first-order valence-electron chi connectivity index (χ1n) is 14.2. The van der Waals surface area contributed by atoms with Gasteiger partial charge in [-0.2, -0.15) is 0 Å². The second-order valence-electron chi connectivity index (χ2n) is 11.6. The number of aromatic nitrogens is 2. The van der Waals surface area contributed by atoms with E-state index in [4.69, 9.17) is 21.3 Å². The first kappa shape index (κ1) is 28.4. The predicted octanol–water partition coefficient (Wildman–Crippen LogP) is 8.67. The van der Waals surface area contributed by atoms with E-state index in [-0.39, 0.29) is 6.10 Å². The lowest BCUT2D eigenvalue weighted by atomic mass is 9.87. The van der Waals surface area contributed by atoms with Crippen molar-refractivity contribution in [3.8, 4) is 16.9 Å². The number of rotatable bonds is 9. The fourth-order valence-electron chi connectivity index (χ4n) is 5.60. The molecule has 0 saturated carbocycles. The third kappa shape index (κ3) is 5.66. The molecule has 1 atom stereocenters. The van der Waals surface area contributed by atoms with Crippen molar-refractivity contribution in [2.45, 2.75) is 57.5 Å². The number of carboxylic acid groups (broad SMARTS) is 1. The van der Waals surface area contributed by atoms with Crippen molar-refractivity contribution in [3.05, 3.63) is 113 Å². The summed E-state index contributed by atoms with van der Waals surface area (Å²) >= 11 is 7.73. The summed E-state index contributed by atoms with van der Waals surface area (Å²) in [5.41, 5.74) is 6.86.